The zero-order chi connectivity index (χ0) is 6.41. The smallest absolute Gasteiger partial charge is 0.0744 e. The first-order valence-corrected chi connectivity index (χ1v) is 5.17. The lowest BCUT2D eigenvalue weighted by Gasteiger charge is -1.93. The fraction of sp³-hybridized carbons (Fsp3) is 0.800. The van der Waals surface area contributed by atoms with Crippen molar-refractivity contribution in [3.8, 4) is 0 Å². The van der Waals surface area contributed by atoms with Gasteiger partial charge in [0.05, 0.1) is 9.52 Å². The van der Waals surface area contributed by atoms with Gasteiger partial charge in [-0.25, -0.2) is 0 Å². The molecule has 0 saturated carbocycles. The molecule has 0 radical (unpaired) electrons. The second-order valence-electron chi connectivity index (χ2n) is 1.77. The topological polar surface area (TPSA) is 32.6 Å². The third-order valence-corrected chi connectivity index (χ3v) is 2.40. The van der Waals surface area contributed by atoms with Crippen molar-refractivity contribution >= 4 is 14.9 Å². The molecule has 0 aliphatic rings. The highest BCUT2D eigenvalue weighted by molar-refractivity contribution is 6.74. The second-order valence-corrected chi connectivity index (χ2v) is 3.29. The van der Waals surface area contributed by atoms with Crippen LogP contribution in [-0.2, 0) is 0 Å². The molecule has 0 heterocycles. The Kier molecular flexibility index (Phi) is 4.65. The van der Waals surface area contributed by atoms with E-state index in [1.165, 1.54) is 0 Å². The molecule has 0 bridgehead atoms. The summed E-state index contributed by atoms with van der Waals surface area (Å²) in [7, 11) is -0.183. The average molecular weight is 131 g/mol. The summed E-state index contributed by atoms with van der Waals surface area (Å²) in [6, 6.07) is 0. The first-order chi connectivity index (χ1) is 3.85. The fourth-order valence-electron chi connectivity index (χ4n) is 0.586. The van der Waals surface area contributed by atoms with Crippen molar-refractivity contribution in [2.75, 3.05) is 0 Å². The second kappa shape index (κ2) is 4.84. The zero-order valence-corrected chi connectivity index (χ0v) is 6.93. The molecule has 0 unspecified atom stereocenters. The van der Waals surface area contributed by atoms with E-state index in [1.54, 1.807) is 0 Å². The van der Waals surface area contributed by atoms with Crippen LogP contribution in [0, 0.1) is 0 Å². The predicted molar refractivity (Wildman–Crippen MR) is 38.5 cm³/mol. The van der Waals surface area contributed by atoms with Crippen molar-refractivity contribution in [1.29, 1.82) is 0 Å². The monoisotopic (exact) mass is 131 g/mol. The van der Waals surface area contributed by atoms with Gasteiger partial charge in [0, 0.05) is 5.33 Å². The molecule has 0 aromatic carbocycles. The maximum Gasteiger partial charge on any atom is 0.0744 e. The number of hydrogen-bond acceptors (Lipinski definition) is 2. The Morgan fingerprint density at radius 1 is 1.75 bits per heavy atom. The van der Waals surface area contributed by atoms with Crippen LogP contribution in [0.25, 0.3) is 0 Å². The van der Waals surface area contributed by atoms with Crippen LogP contribution in [-0.4, -0.2) is 20.1 Å². The lowest BCUT2D eigenvalue weighted by atomic mass is 10.4. The van der Waals surface area contributed by atoms with Gasteiger partial charge in [-0.05, 0) is 6.42 Å². The molecule has 0 saturated heterocycles. The summed E-state index contributed by atoms with van der Waals surface area (Å²) in [6.45, 7) is 4.22. The van der Waals surface area contributed by atoms with Gasteiger partial charge in [-0.15, -0.1) is 5.16 Å². The first-order valence-electron chi connectivity index (χ1n) is 3.04. The quantitative estimate of drug-likeness (QED) is 0.261. The molecule has 0 aromatic heterocycles. The molecule has 0 spiro atoms. The Morgan fingerprint density at radius 2 is 2.38 bits per heavy atom. The Morgan fingerprint density at radius 3 is 2.50 bits per heavy atom. The summed E-state index contributed by atoms with van der Waals surface area (Å²) in [5, 5.41) is 12.5. The van der Waals surface area contributed by atoms with Gasteiger partial charge in [-0.3, -0.25) is 0 Å². The van der Waals surface area contributed by atoms with E-state index in [1.807, 2.05) is 0 Å². The highest BCUT2D eigenvalue weighted by atomic mass is 28.2. The molecule has 8 heavy (non-hydrogen) atoms. The van der Waals surface area contributed by atoms with E-state index in [0.29, 0.717) is 0 Å². The van der Waals surface area contributed by atoms with E-state index in [2.05, 4.69) is 18.6 Å². The van der Waals surface area contributed by atoms with Gasteiger partial charge in [0.2, 0.25) is 0 Å². The molecule has 0 fully saturated rings. The Labute approximate surface area is 52.4 Å². The number of oxime groups is 1. The Hall–Kier alpha value is -0.313. The molecule has 1 N–H and O–H groups in total. The maximum atomic E-state index is 8.28. The minimum absolute atomic E-state index is 0.183. The highest BCUT2D eigenvalue weighted by Gasteiger charge is 1.91. The fourth-order valence-corrected chi connectivity index (χ4v) is 1.43. The molecule has 0 aliphatic heterocycles. The Bertz CT molecular complexity index is 82.5. The summed E-state index contributed by atoms with van der Waals surface area (Å²) in [5.74, 6) is 0. The van der Waals surface area contributed by atoms with E-state index >= 15 is 0 Å². The molecule has 0 aromatic rings. The molecule has 2 nitrogen and oxygen atoms in total. The van der Waals surface area contributed by atoms with Gasteiger partial charge < -0.3 is 5.21 Å². The summed E-state index contributed by atoms with van der Waals surface area (Å²) in [4.78, 5) is 0. The summed E-state index contributed by atoms with van der Waals surface area (Å²) in [6.07, 6.45) is 2.08. The van der Waals surface area contributed by atoms with Gasteiger partial charge in [0.15, 0.2) is 0 Å². The molecule has 0 aliphatic carbocycles. The third-order valence-electron chi connectivity index (χ3n) is 1.09. The van der Waals surface area contributed by atoms with Crippen LogP contribution in [0.5, 0.6) is 0 Å². The van der Waals surface area contributed by atoms with Gasteiger partial charge in [0.25, 0.3) is 0 Å². The lowest BCUT2D eigenvalue weighted by molar-refractivity contribution is 0.319. The molecule has 48 valence electrons. The van der Waals surface area contributed by atoms with E-state index in [4.69, 9.17) is 5.21 Å². The van der Waals surface area contributed by atoms with E-state index in [-0.39, 0.29) is 9.52 Å². The van der Waals surface area contributed by atoms with Gasteiger partial charge in [-0.2, -0.15) is 0 Å². The van der Waals surface area contributed by atoms with Crippen LogP contribution >= 0.6 is 0 Å². The van der Waals surface area contributed by atoms with E-state index < -0.39 is 0 Å². The van der Waals surface area contributed by atoms with Crippen molar-refractivity contribution in [2.45, 2.75) is 26.3 Å². The van der Waals surface area contributed by atoms with Gasteiger partial charge >= 0.3 is 0 Å². The van der Waals surface area contributed by atoms with Crippen LogP contribution in [0.3, 0.4) is 0 Å². The molecule has 0 atom stereocenters. The third kappa shape index (κ3) is 2.79. The van der Waals surface area contributed by atoms with Gasteiger partial charge in [0.1, 0.15) is 0 Å². The van der Waals surface area contributed by atoms with Crippen LogP contribution < -0.4 is 0 Å². The molecule has 3 heteroatoms. The standard InChI is InChI=1S/C5H13NOSi/c1-3-4-5(6-7)8-2/h7H,3-4,8H2,1-2H3. The van der Waals surface area contributed by atoms with Crippen molar-refractivity contribution in [2.24, 2.45) is 5.16 Å². The zero-order valence-electron chi connectivity index (χ0n) is 5.52. The Balaban J connectivity index is 3.38. The van der Waals surface area contributed by atoms with Crippen LogP contribution in [0.1, 0.15) is 19.8 Å². The molecular formula is C5H13NOSi. The SMILES string of the molecule is CCCC(=NO)[SiH2]C. The minimum atomic E-state index is -0.183. The van der Waals surface area contributed by atoms with Gasteiger partial charge in [-0.1, -0.05) is 19.9 Å². The molecule has 0 amide bonds. The normalized spacial score (nSPS) is 13.5. The number of hydrogen-bond donors (Lipinski definition) is 1. The number of rotatable bonds is 3. The average Bonchev–Trinajstić information content (AvgIpc) is 1.83. The summed E-state index contributed by atoms with van der Waals surface area (Å²) in [5.41, 5.74) is 0. The van der Waals surface area contributed by atoms with Crippen LogP contribution in [0.15, 0.2) is 5.16 Å². The predicted octanol–water partition coefficient (Wildman–Crippen LogP) is 0.791. The van der Waals surface area contributed by atoms with E-state index in [0.717, 1.165) is 18.2 Å². The summed E-state index contributed by atoms with van der Waals surface area (Å²) >= 11 is 0. The molecular weight excluding hydrogens is 118 g/mol. The van der Waals surface area contributed by atoms with Crippen LogP contribution in [0.2, 0.25) is 6.55 Å². The lowest BCUT2D eigenvalue weighted by Crippen LogP contribution is -2.03. The maximum absolute atomic E-state index is 8.28. The van der Waals surface area contributed by atoms with Crippen molar-refractivity contribution < 1.29 is 5.21 Å². The first kappa shape index (κ1) is 7.69. The van der Waals surface area contributed by atoms with Crippen LogP contribution in [0.4, 0.5) is 0 Å². The number of nitrogens with zero attached hydrogens (tertiary/aromatic N) is 1. The van der Waals surface area contributed by atoms with E-state index in [9.17, 15) is 0 Å². The molecule has 0 rings (SSSR count). The van der Waals surface area contributed by atoms with Crippen molar-refractivity contribution in [3.63, 3.8) is 0 Å². The van der Waals surface area contributed by atoms with Crippen molar-refractivity contribution in [3.05, 3.63) is 0 Å². The van der Waals surface area contributed by atoms with Crippen molar-refractivity contribution in [1.82, 2.24) is 0 Å². The summed E-state index contributed by atoms with van der Waals surface area (Å²) < 4.78 is 0. The minimum Gasteiger partial charge on any atom is -0.411 e. The highest BCUT2D eigenvalue weighted by Crippen LogP contribution is 1.88. The largest absolute Gasteiger partial charge is 0.411 e.